The van der Waals surface area contributed by atoms with Gasteiger partial charge in [-0.15, -0.1) is 0 Å². The van der Waals surface area contributed by atoms with E-state index in [1.54, 1.807) is 31.7 Å². The van der Waals surface area contributed by atoms with Gasteiger partial charge in [0.15, 0.2) is 0 Å². The third-order valence-electron chi connectivity index (χ3n) is 2.65. The fourth-order valence-electron chi connectivity index (χ4n) is 1.66. The highest BCUT2D eigenvalue weighted by molar-refractivity contribution is 9.10. The fraction of sp³-hybridized carbons (Fsp3) is 0.250. The molecule has 0 bridgehead atoms. The Morgan fingerprint density at radius 3 is 3.05 bits per heavy atom. The molecular weight excluding hydrogens is 326 g/mol. The first-order valence-electron chi connectivity index (χ1n) is 5.95. The molecule has 2 rings (SSSR count). The van der Waals surface area contributed by atoms with E-state index in [9.17, 15) is 9.59 Å². The molecule has 0 radical (unpaired) electrons. The fourth-order valence-corrected chi connectivity index (χ4v) is 2.20. The van der Waals surface area contributed by atoms with Gasteiger partial charge in [-0.2, -0.15) is 5.10 Å². The molecule has 0 fully saturated rings. The Hall–Kier alpha value is -2.09. The molecule has 0 unspecified atom stereocenters. The highest BCUT2D eigenvalue weighted by atomic mass is 79.9. The van der Waals surface area contributed by atoms with Crippen LogP contribution in [-0.2, 0) is 13.5 Å². The maximum absolute atomic E-state index is 11.8. The second kappa shape index (κ2) is 6.38. The third-order valence-corrected chi connectivity index (χ3v) is 3.09. The molecular formula is C12H14BrN5O2. The van der Waals surface area contributed by atoms with E-state index >= 15 is 0 Å². The van der Waals surface area contributed by atoms with Gasteiger partial charge >= 0.3 is 6.03 Å². The number of anilines is 1. The Kier molecular flexibility index (Phi) is 4.57. The van der Waals surface area contributed by atoms with Crippen molar-refractivity contribution in [2.75, 3.05) is 11.9 Å². The number of nitrogens with zero attached hydrogens (tertiary/aromatic N) is 2. The average molecular weight is 340 g/mol. The predicted octanol–water partition coefficient (Wildman–Crippen LogP) is 1.24. The Bertz CT molecular complexity index is 650. The number of amides is 2. The van der Waals surface area contributed by atoms with Crippen molar-refractivity contribution in [1.82, 2.24) is 20.1 Å². The lowest BCUT2D eigenvalue weighted by Gasteiger charge is -2.08. The minimum atomic E-state index is -0.413. The van der Waals surface area contributed by atoms with Crippen LogP contribution in [0.25, 0.3) is 0 Å². The average Bonchev–Trinajstić information content (AvgIpc) is 2.88. The van der Waals surface area contributed by atoms with Crippen LogP contribution in [0.3, 0.4) is 0 Å². The molecule has 20 heavy (non-hydrogen) atoms. The van der Waals surface area contributed by atoms with Crippen molar-refractivity contribution < 1.29 is 4.79 Å². The number of aromatic nitrogens is 3. The number of aryl methyl sites for hydroxylation is 1. The summed E-state index contributed by atoms with van der Waals surface area (Å²) < 4.78 is 2.11. The zero-order valence-electron chi connectivity index (χ0n) is 10.8. The number of carbonyl (C=O) groups is 1. The highest BCUT2D eigenvalue weighted by Gasteiger charge is 2.07. The number of halogens is 1. The second-order valence-corrected chi connectivity index (χ2v) is 5.14. The first-order valence-corrected chi connectivity index (χ1v) is 6.74. The molecule has 3 N–H and O–H groups in total. The molecule has 2 aromatic rings. The van der Waals surface area contributed by atoms with Gasteiger partial charge in [0.05, 0.1) is 6.20 Å². The summed E-state index contributed by atoms with van der Waals surface area (Å²) in [5.74, 6) is 0. The molecule has 0 aliphatic rings. The topological polar surface area (TPSA) is 91.8 Å². The number of hydrogen-bond donors (Lipinski definition) is 3. The number of hydrogen-bond acceptors (Lipinski definition) is 3. The summed E-state index contributed by atoms with van der Waals surface area (Å²) in [6.07, 6.45) is 5.76. The SMILES string of the molecule is Cn1cc(Br)cc(NC(=O)NCCc2cn[nH]c2)c1=O. The monoisotopic (exact) mass is 339 g/mol. The van der Waals surface area contributed by atoms with Gasteiger partial charge < -0.3 is 15.2 Å². The zero-order chi connectivity index (χ0) is 14.5. The van der Waals surface area contributed by atoms with Gasteiger partial charge in [0, 0.05) is 30.5 Å². The van der Waals surface area contributed by atoms with E-state index in [1.807, 2.05) is 0 Å². The molecule has 7 nitrogen and oxygen atoms in total. The first-order chi connectivity index (χ1) is 9.56. The minimum absolute atomic E-state index is 0.225. The maximum Gasteiger partial charge on any atom is 0.319 e. The molecule has 0 aliphatic carbocycles. The van der Waals surface area contributed by atoms with Gasteiger partial charge in [0.2, 0.25) is 0 Å². The molecule has 106 valence electrons. The zero-order valence-corrected chi connectivity index (χ0v) is 12.4. The van der Waals surface area contributed by atoms with Gasteiger partial charge in [-0.05, 0) is 34.0 Å². The van der Waals surface area contributed by atoms with Gasteiger partial charge in [-0.3, -0.25) is 9.89 Å². The van der Waals surface area contributed by atoms with Crippen molar-refractivity contribution in [3.05, 3.63) is 45.0 Å². The smallest absolute Gasteiger partial charge is 0.319 e. The van der Waals surface area contributed by atoms with Crippen LogP contribution in [0.4, 0.5) is 10.5 Å². The molecule has 0 spiro atoms. The minimum Gasteiger partial charge on any atom is -0.338 e. The molecule has 0 aromatic carbocycles. The van der Waals surface area contributed by atoms with Crippen molar-refractivity contribution >= 4 is 27.6 Å². The van der Waals surface area contributed by atoms with E-state index in [0.29, 0.717) is 17.4 Å². The Labute approximate surface area is 123 Å². The molecule has 2 aromatic heterocycles. The van der Waals surface area contributed by atoms with Crippen LogP contribution in [0.15, 0.2) is 33.9 Å². The summed E-state index contributed by atoms with van der Waals surface area (Å²) in [6.45, 7) is 0.458. The number of rotatable bonds is 4. The van der Waals surface area contributed by atoms with Crippen LogP contribution in [0.5, 0.6) is 0 Å². The molecule has 0 aliphatic heterocycles. The predicted molar refractivity (Wildman–Crippen MR) is 78.7 cm³/mol. The van der Waals surface area contributed by atoms with Crippen molar-refractivity contribution in [2.45, 2.75) is 6.42 Å². The van der Waals surface area contributed by atoms with Crippen LogP contribution >= 0.6 is 15.9 Å². The van der Waals surface area contributed by atoms with Crippen LogP contribution in [0.2, 0.25) is 0 Å². The molecule has 0 saturated carbocycles. The van der Waals surface area contributed by atoms with E-state index in [-0.39, 0.29) is 11.2 Å². The largest absolute Gasteiger partial charge is 0.338 e. The standard InChI is InChI=1S/C12H14BrN5O2/c1-18-7-9(13)4-10(11(18)19)17-12(20)14-3-2-8-5-15-16-6-8/h4-7H,2-3H2,1H3,(H,15,16)(H2,14,17,20). The molecule has 2 amide bonds. The summed E-state index contributed by atoms with van der Waals surface area (Å²) in [7, 11) is 1.62. The lowest BCUT2D eigenvalue weighted by atomic mass is 10.2. The van der Waals surface area contributed by atoms with Crippen LogP contribution in [-0.4, -0.2) is 27.3 Å². The second-order valence-electron chi connectivity index (χ2n) is 4.23. The lowest BCUT2D eigenvalue weighted by Crippen LogP contribution is -2.33. The van der Waals surface area contributed by atoms with Crippen molar-refractivity contribution in [3.63, 3.8) is 0 Å². The normalized spacial score (nSPS) is 10.3. The number of H-pyrrole nitrogens is 1. The maximum atomic E-state index is 11.8. The van der Waals surface area contributed by atoms with Gasteiger partial charge in [0.1, 0.15) is 5.69 Å². The number of urea groups is 1. The van der Waals surface area contributed by atoms with Crippen LogP contribution < -0.4 is 16.2 Å². The third kappa shape index (κ3) is 3.70. The summed E-state index contributed by atoms with van der Waals surface area (Å²) in [6, 6.07) is 1.15. The van der Waals surface area contributed by atoms with E-state index in [0.717, 1.165) is 5.56 Å². The van der Waals surface area contributed by atoms with E-state index < -0.39 is 6.03 Å². The van der Waals surface area contributed by atoms with E-state index in [4.69, 9.17) is 0 Å². The Morgan fingerprint density at radius 1 is 1.55 bits per heavy atom. The summed E-state index contributed by atoms with van der Waals surface area (Å²) in [5, 5.41) is 11.7. The summed E-state index contributed by atoms with van der Waals surface area (Å²) in [4.78, 5) is 23.5. The first kappa shape index (κ1) is 14.3. The lowest BCUT2D eigenvalue weighted by molar-refractivity contribution is 0.252. The summed E-state index contributed by atoms with van der Waals surface area (Å²) in [5.41, 5.74) is 0.963. The quantitative estimate of drug-likeness (QED) is 0.782. The van der Waals surface area contributed by atoms with Gasteiger partial charge in [-0.1, -0.05) is 0 Å². The number of aromatic amines is 1. The molecule has 0 saturated heterocycles. The van der Waals surface area contributed by atoms with Gasteiger partial charge in [0.25, 0.3) is 5.56 Å². The molecule has 8 heteroatoms. The van der Waals surface area contributed by atoms with Crippen LogP contribution in [0.1, 0.15) is 5.56 Å². The number of nitrogens with one attached hydrogen (secondary N) is 3. The Balaban J connectivity index is 1.90. The van der Waals surface area contributed by atoms with Crippen molar-refractivity contribution in [2.24, 2.45) is 7.05 Å². The molecule has 0 atom stereocenters. The summed E-state index contributed by atoms with van der Waals surface area (Å²) >= 11 is 3.27. The van der Waals surface area contributed by atoms with E-state index in [1.165, 1.54) is 4.57 Å². The van der Waals surface area contributed by atoms with Crippen molar-refractivity contribution in [3.8, 4) is 0 Å². The highest BCUT2D eigenvalue weighted by Crippen LogP contribution is 2.11. The number of pyridine rings is 1. The van der Waals surface area contributed by atoms with Crippen LogP contribution in [0, 0.1) is 0 Å². The van der Waals surface area contributed by atoms with Gasteiger partial charge in [-0.25, -0.2) is 4.79 Å². The Morgan fingerprint density at radius 2 is 2.35 bits per heavy atom. The van der Waals surface area contributed by atoms with Crippen molar-refractivity contribution in [1.29, 1.82) is 0 Å². The van der Waals surface area contributed by atoms with E-state index in [2.05, 4.69) is 36.8 Å². The molecule has 2 heterocycles. The number of carbonyl (C=O) groups excluding carboxylic acids is 1.